The van der Waals surface area contributed by atoms with E-state index in [0.717, 1.165) is 10.8 Å². The number of carbonyl (C=O) groups is 5. The molecule has 6 atom stereocenters. The molecule has 15 heteroatoms. The van der Waals surface area contributed by atoms with Gasteiger partial charge in [-0.25, -0.2) is 9.59 Å². The lowest BCUT2D eigenvalue weighted by molar-refractivity contribution is -0.300. The second-order valence-electron chi connectivity index (χ2n) is 12.7. The van der Waals surface area contributed by atoms with Gasteiger partial charge in [-0.2, -0.15) is 0 Å². The minimum atomic E-state index is -2.48. The number of aliphatic carboxylic acids is 2. The van der Waals surface area contributed by atoms with Crippen LogP contribution in [-0.4, -0.2) is 99.6 Å². The highest BCUT2D eigenvalue weighted by atomic mass is 16.7. The van der Waals surface area contributed by atoms with Crippen LogP contribution in [0.25, 0.3) is 10.8 Å². The topological polar surface area (TPSA) is 230 Å². The summed E-state index contributed by atoms with van der Waals surface area (Å²) in [5.41, 5.74) is 1.39. The molecule has 15 nitrogen and oxygen atoms in total. The average Bonchev–Trinajstić information content (AvgIpc) is 3.11. The van der Waals surface area contributed by atoms with E-state index in [1.165, 1.54) is 6.92 Å². The molecule has 0 aromatic heterocycles. The van der Waals surface area contributed by atoms with E-state index >= 15 is 0 Å². The lowest BCUT2D eigenvalue weighted by Crippen LogP contribution is -2.71. The molecule has 0 spiro atoms. The van der Waals surface area contributed by atoms with Crippen molar-refractivity contribution in [3.05, 3.63) is 83.9 Å². The molecule has 1 aliphatic heterocycles. The van der Waals surface area contributed by atoms with E-state index in [4.69, 9.17) is 19.3 Å². The number of nitrogens with one attached hydrogen (secondary N) is 3. The van der Waals surface area contributed by atoms with Gasteiger partial charge in [0.2, 0.25) is 11.8 Å². The highest BCUT2D eigenvalue weighted by Gasteiger charge is 2.56. The lowest BCUT2D eigenvalue weighted by atomic mass is 9.86. The van der Waals surface area contributed by atoms with Gasteiger partial charge in [0.25, 0.3) is 5.79 Å². The number of carboxylic acids is 2. The molecule has 1 aliphatic rings. The first-order valence-corrected chi connectivity index (χ1v) is 17.0. The van der Waals surface area contributed by atoms with Gasteiger partial charge in [0.05, 0.1) is 31.2 Å². The van der Waals surface area contributed by atoms with E-state index in [9.17, 15) is 39.3 Å². The van der Waals surface area contributed by atoms with E-state index in [1.807, 2.05) is 36.4 Å². The highest BCUT2D eigenvalue weighted by Crippen LogP contribution is 2.34. The molecule has 0 bridgehead atoms. The number of carbonyl (C=O) groups excluding carboxylic acids is 3. The fourth-order valence-corrected chi connectivity index (χ4v) is 5.98. The molecule has 7 N–H and O–H groups in total. The molecule has 4 rings (SSSR count). The minimum Gasteiger partial charge on any atom is -0.481 e. The van der Waals surface area contributed by atoms with Crippen molar-refractivity contribution < 1.29 is 58.6 Å². The summed E-state index contributed by atoms with van der Waals surface area (Å²) in [7, 11) is 0. The zero-order valence-electron chi connectivity index (χ0n) is 28.7. The molecule has 0 saturated carbocycles. The van der Waals surface area contributed by atoms with E-state index in [0.29, 0.717) is 24.0 Å². The van der Waals surface area contributed by atoms with Crippen LogP contribution in [0.15, 0.2) is 72.8 Å². The summed E-state index contributed by atoms with van der Waals surface area (Å²) in [5.74, 6) is -6.15. The molecule has 1 saturated heterocycles. The average molecular weight is 724 g/mol. The summed E-state index contributed by atoms with van der Waals surface area (Å²) in [4.78, 5) is 61.9. The van der Waals surface area contributed by atoms with Gasteiger partial charge in [-0.15, -0.1) is 0 Å². The van der Waals surface area contributed by atoms with Crippen LogP contribution in [0.4, 0.5) is 4.79 Å². The van der Waals surface area contributed by atoms with Crippen LogP contribution in [0.3, 0.4) is 0 Å². The third-order valence-corrected chi connectivity index (χ3v) is 8.60. The molecule has 1 heterocycles. The number of aliphatic hydroxyl groups excluding tert-OH is 2. The molecule has 3 amide bonds. The molecule has 0 unspecified atom stereocenters. The van der Waals surface area contributed by atoms with Crippen molar-refractivity contribution in [3.63, 3.8) is 0 Å². The predicted octanol–water partition coefficient (Wildman–Crippen LogP) is 2.25. The van der Waals surface area contributed by atoms with Crippen molar-refractivity contribution in [2.24, 2.45) is 0 Å². The molecule has 280 valence electrons. The van der Waals surface area contributed by atoms with Crippen molar-refractivity contribution in [2.45, 2.75) is 88.2 Å². The van der Waals surface area contributed by atoms with Crippen molar-refractivity contribution in [2.75, 3.05) is 13.2 Å². The molecular formula is C37H45N3O12. The van der Waals surface area contributed by atoms with Crippen LogP contribution in [-0.2, 0) is 46.4 Å². The van der Waals surface area contributed by atoms with Gasteiger partial charge in [-0.1, -0.05) is 79.2 Å². The van der Waals surface area contributed by atoms with Crippen LogP contribution in [0.5, 0.6) is 0 Å². The number of aliphatic hydroxyl groups is 2. The van der Waals surface area contributed by atoms with E-state index < -0.39 is 79.0 Å². The smallest absolute Gasteiger partial charge is 0.407 e. The number of unbranched alkanes of at least 4 members (excludes halogenated alkanes) is 2. The van der Waals surface area contributed by atoms with Gasteiger partial charge in [0, 0.05) is 26.3 Å². The zero-order valence-corrected chi connectivity index (χ0v) is 28.7. The minimum absolute atomic E-state index is 0.0262. The molecule has 1 fully saturated rings. The van der Waals surface area contributed by atoms with E-state index in [1.54, 1.807) is 36.4 Å². The highest BCUT2D eigenvalue weighted by molar-refractivity contribution is 5.85. The Labute approximate surface area is 300 Å². The van der Waals surface area contributed by atoms with Gasteiger partial charge in [-0.3, -0.25) is 14.4 Å². The fraction of sp³-hybridized carbons (Fsp3) is 0.432. The van der Waals surface area contributed by atoms with Gasteiger partial charge >= 0.3 is 18.0 Å². The Balaban J connectivity index is 1.51. The number of alkyl carbamates (subject to hydrolysis) is 1. The van der Waals surface area contributed by atoms with Gasteiger partial charge < -0.3 is 50.6 Å². The van der Waals surface area contributed by atoms with Crippen LogP contribution in [0, 0.1) is 0 Å². The second kappa shape index (κ2) is 18.9. The quantitative estimate of drug-likeness (QED) is 0.0938. The van der Waals surface area contributed by atoms with Gasteiger partial charge in [0.1, 0.15) is 18.8 Å². The predicted molar refractivity (Wildman–Crippen MR) is 186 cm³/mol. The Hall–Kier alpha value is -5.09. The summed E-state index contributed by atoms with van der Waals surface area (Å²) in [6, 6.07) is 19.4. The summed E-state index contributed by atoms with van der Waals surface area (Å²) in [6.07, 6.45) is -5.98. The van der Waals surface area contributed by atoms with E-state index in [-0.39, 0.29) is 32.5 Å². The number of ether oxygens (including phenoxy) is 3. The molecular weight excluding hydrogens is 678 g/mol. The number of fused-ring (bicyclic) bond motifs is 1. The second-order valence-corrected chi connectivity index (χ2v) is 12.7. The first-order valence-electron chi connectivity index (χ1n) is 17.0. The Morgan fingerprint density at radius 2 is 1.60 bits per heavy atom. The summed E-state index contributed by atoms with van der Waals surface area (Å²) in [6.45, 7) is 0.381. The maximum absolute atomic E-state index is 13.0. The van der Waals surface area contributed by atoms with Crippen molar-refractivity contribution >= 4 is 40.6 Å². The number of hydrogen-bond acceptors (Lipinski definition) is 10. The molecule has 0 radical (unpaired) electrons. The summed E-state index contributed by atoms with van der Waals surface area (Å²) < 4.78 is 17.0. The third-order valence-electron chi connectivity index (χ3n) is 8.60. The third kappa shape index (κ3) is 11.5. The number of amides is 3. The molecule has 3 aromatic carbocycles. The van der Waals surface area contributed by atoms with Gasteiger partial charge in [-0.05, 0) is 34.7 Å². The van der Waals surface area contributed by atoms with Crippen LogP contribution in [0.2, 0.25) is 0 Å². The Morgan fingerprint density at radius 3 is 2.29 bits per heavy atom. The number of benzene rings is 3. The normalized spacial score (nSPS) is 21.0. The number of rotatable bonds is 18. The van der Waals surface area contributed by atoms with Crippen LogP contribution < -0.4 is 16.0 Å². The lowest BCUT2D eigenvalue weighted by Gasteiger charge is -2.48. The van der Waals surface area contributed by atoms with Crippen molar-refractivity contribution in [1.82, 2.24) is 16.0 Å². The van der Waals surface area contributed by atoms with Crippen molar-refractivity contribution in [3.8, 4) is 0 Å². The fourth-order valence-electron chi connectivity index (χ4n) is 5.98. The monoisotopic (exact) mass is 723 g/mol. The maximum Gasteiger partial charge on any atom is 0.407 e. The number of hydrogen-bond donors (Lipinski definition) is 7. The van der Waals surface area contributed by atoms with Gasteiger partial charge in [0.15, 0.2) is 0 Å². The summed E-state index contributed by atoms with van der Waals surface area (Å²) >= 11 is 0. The largest absolute Gasteiger partial charge is 0.481 e. The summed E-state index contributed by atoms with van der Waals surface area (Å²) in [5, 5.41) is 51.5. The Morgan fingerprint density at radius 1 is 0.885 bits per heavy atom. The first kappa shape index (κ1) is 39.7. The maximum atomic E-state index is 13.0. The van der Waals surface area contributed by atoms with E-state index in [2.05, 4.69) is 16.0 Å². The molecule has 52 heavy (non-hydrogen) atoms. The van der Waals surface area contributed by atoms with Crippen LogP contribution in [0.1, 0.15) is 50.2 Å². The van der Waals surface area contributed by atoms with Crippen molar-refractivity contribution in [1.29, 1.82) is 0 Å². The molecule has 3 aromatic rings. The zero-order chi connectivity index (χ0) is 37.7. The Kier molecular flexibility index (Phi) is 14.5. The SMILES string of the molecule is CC(=O)N[C@H]1[C@H]([C@H](O)[C@H](O)CNC(=O)Cc2ccc3ccccc3c2)O[C@@](OCCCCCC(=O)O)(C(=O)O)C[C@@H]1NC(=O)OCc1ccccc1. The number of carboxylic acid groups (broad SMARTS) is 2. The van der Waals surface area contributed by atoms with Crippen LogP contribution >= 0.6 is 0 Å². The molecule has 0 aliphatic carbocycles. The Bertz CT molecular complexity index is 1690. The standard InChI is InChI=1S/C37H45N3O12/c1-23(41)39-32-28(40-36(49)50-22-24-10-4-2-5-11-24)20-37(35(47)48,51-17-9-3-6-14-31(44)45)52-34(32)33(46)29(42)21-38-30(43)19-25-15-16-26-12-7-8-13-27(26)18-25/h2,4-5,7-8,10-13,15-16,18,28-29,32-34,42,46H,3,6,9,14,17,19-22H2,1H3,(H,38,43)(H,39,41)(H,40,49)(H,44,45)(H,47,48)/t28-,29+,32+,33+,34+,37+/m0/s1. The first-order chi connectivity index (χ1) is 24.9.